The molecule has 1 unspecified atom stereocenters. The summed E-state index contributed by atoms with van der Waals surface area (Å²) in [4.78, 5) is 0. The van der Waals surface area contributed by atoms with Gasteiger partial charge in [-0.2, -0.15) is 5.10 Å². The molecule has 1 heterocycles. The molecule has 1 atom stereocenters. The summed E-state index contributed by atoms with van der Waals surface area (Å²) in [7, 11) is 0. The molecular weight excluding hydrogens is 316 g/mol. The number of nitrogens with zero attached hydrogens (tertiary/aromatic N) is 2. The average molecular weight is 337 g/mol. The smallest absolute Gasteiger partial charge is 0.0776 e. The standard InChI is InChI=1S/C21H21ClN2/c1-3-15-6-4-5-7-20(15)24-21(16-8-10-17(22)11-9-16)18-12-14(2)13-19(18)23-24/h4-11,14H,3,12-13H2,1-2H3. The first kappa shape index (κ1) is 15.5. The zero-order valence-electron chi connectivity index (χ0n) is 14.1. The Bertz CT molecular complexity index is 877. The van der Waals surface area contributed by atoms with Gasteiger partial charge < -0.3 is 0 Å². The molecule has 0 radical (unpaired) electrons. The molecule has 0 bridgehead atoms. The first-order valence-corrected chi connectivity index (χ1v) is 9.00. The van der Waals surface area contributed by atoms with Gasteiger partial charge in [0.2, 0.25) is 0 Å². The van der Waals surface area contributed by atoms with E-state index in [9.17, 15) is 0 Å². The first-order chi connectivity index (χ1) is 11.7. The summed E-state index contributed by atoms with van der Waals surface area (Å²) < 4.78 is 2.15. The van der Waals surface area contributed by atoms with Crippen LogP contribution in [-0.2, 0) is 19.3 Å². The molecule has 0 saturated heterocycles. The molecule has 1 aliphatic rings. The molecule has 24 heavy (non-hydrogen) atoms. The SMILES string of the molecule is CCc1ccccc1-n1nc2c(c1-c1ccc(Cl)cc1)CC(C)C2. The molecule has 0 saturated carbocycles. The number of rotatable bonds is 3. The third-order valence-corrected chi connectivity index (χ3v) is 5.13. The Morgan fingerprint density at radius 1 is 1.08 bits per heavy atom. The van der Waals surface area contributed by atoms with Crippen LogP contribution in [0.1, 0.15) is 30.7 Å². The molecule has 2 nitrogen and oxygen atoms in total. The van der Waals surface area contributed by atoms with Crippen LogP contribution in [0.2, 0.25) is 5.02 Å². The predicted molar refractivity (Wildman–Crippen MR) is 100.0 cm³/mol. The third kappa shape index (κ3) is 2.55. The maximum absolute atomic E-state index is 6.10. The Morgan fingerprint density at radius 2 is 1.83 bits per heavy atom. The van der Waals surface area contributed by atoms with Crippen LogP contribution in [0.4, 0.5) is 0 Å². The van der Waals surface area contributed by atoms with Crippen molar-refractivity contribution in [2.24, 2.45) is 5.92 Å². The van der Waals surface area contributed by atoms with Crippen molar-refractivity contribution >= 4 is 11.6 Å². The Kier molecular flexibility index (Phi) is 3.93. The van der Waals surface area contributed by atoms with E-state index < -0.39 is 0 Å². The Balaban J connectivity index is 1.95. The fourth-order valence-corrected chi connectivity index (χ4v) is 3.85. The number of halogens is 1. The maximum atomic E-state index is 6.10. The van der Waals surface area contributed by atoms with Crippen LogP contribution in [0.5, 0.6) is 0 Å². The molecule has 1 aromatic heterocycles. The molecule has 0 fully saturated rings. The van der Waals surface area contributed by atoms with E-state index in [-0.39, 0.29) is 0 Å². The van der Waals surface area contributed by atoms with Crippen molar-refractivity contribution in [1.82, 2.24) is 9.78 Å². The summed E-state index contributed by atoms with van der Waals surface area (Å²) in [6, 6.07) is 16.7. The number of hydrogen-bond donors (Lipinski definition) is 0. The van der Waals surface area contributed by atoms with E-state index in [2.05, 4.69) is 54.9 Å². The fourth-order valence-electron chi connectivity index (χ4n) is 3.72. The van der Waals surface area contributed by atoms with Crippen LogP contribution < -0.4 is 0 Å². The second kappa shape index (κ2) is 6.10. The topological polar surface area (TPSA) is 17.8 Å². The summed E-state index contributed by atoms with van der Waals surface area (Å²) in [5, 5.41) is 5.77. The van der Waals surface area contributed by atoms with Gasteiger partial charge in [0.05, 0.1) is 17.1 Å². The van der Waals surface area contributed by atoms with Crippen molar-refractivity contribution in [3.8, 4) is 16.9 Å². The van der Waals surface area contributed by atoms with Crippen molar-refractivity contribution in [2.45, 2.75) is 33.1 Å². The van der Waals surface area contributed by atoms with Crippen molar-refractivity contribution < 1.29 is 0 Å². The highest BCUT2D eigenvalue weighted by Crippen LogP contribution is 2.37. The van der Waals surface area contributed by atoms with Crippen LogP contribution in [0.25, 0.3) is 16.9 Å². The summed E-state index contributed by atoms with van der Waals surface area (Å²) >= 11 is 6.10. The molecule has 3 heteroatoms. The van der Waals surface area contributed by atoms with Gasteiger partial charge in [-0.3, -0.25) is 0 Å². The van der Waals surface area contributed by atoms with Crippen molar-refractivity contribution in [3.05, 3.63) is 70.4 Å². The van der Waals surface area contributed by atoms with Crippen molar-refractivity contribution in [1.29, 1.82) is 0 Å². The quantitative estimate of drug-likeness (QED) is 0.618. The molecule has 3 aromatic rings. The molecule has 0 amide bonds. The lowest BCUT2D eigenvalue weighted by Gasteiger charge is -2.14. The second-order valence-electron chi connectivity index (χ2n) is 6.69. The van der Waals surface area contributed by atoms with E-state index >= 15 is 0 Å². The molecule has 0 spiro atoms. The Labute approximate surface area is 148 Å². The van der Waals surface area contributed by atoms with Crippen LogP contribution in [-0.4, -0.2) is 9.78 Å². The Morgan fingerprint density at radius 3 is 2.58 bits per heavy atom. The molecule has 2 aromatic carbocycles. The van der Waals surface area contributed by atoms with Gasteiger partial charge in [-0.1, -0.05) is 55.8 Å². The fraction of sp³-hybridized carbons (Fsp3) is 0.286. The van der Waals surface area contributed by atoms with Gasteiger partial charge in [-0.05, 0) is 48.9 Å². The van der Waals surface area contributed by atoms with E-state index in [0.717, 1.165) is 24.3 Å². The summed E-state index contributed by atoms with van der Waals surface area (Å²) in [5.41, 5.74) is 7.57. The van der Waals surface area contributed by atoms with Gasteiger partial charge in [0.25, 0.3) is 0 Å². The van der Waals surface area contributed by atoms with Gasteiger partial charge in [0, 0.05) is 16.1 Å². The lowest BCUT2D eigenvalue weighted by molar-refractivity contribution is 0.611. The normalized spacial score (nSPS) is 16.4. The first-order valence-electron chi connectivity index (χ1n) is 8.62. The molecule has 0 N–H and O–H groups in total. The highest BCUT2D eigenvalue weighted by Gasteiger charge is 2.28. The largest absolute Gasteiger partial charge is 0.232 e. The summed E-state index contributed by atoms with van der Waals surface area (Å²) in [6.07, 6.45) is 3.16. The minimum absolute atomic E-state index is 0.671. The molecule has 0 aliphatic heterocycles. The van der Waals surface area contributed by atoms with Gasteiger partial charge in [0.15, 0.2) is 0 Å². The van der Waals surface area contributed by atoms with Crippen molar-refractivity contribution in [3.63, 3.8) is 0 Å². The van der Waals surface area contributed by atoms with E-state index in [4.69, 9.17) is 16.7 Å². The van der Waals surface area contributed by atoms with Crippen LogP contribution in [0.3, 0.4) is 0 Å². The lowest BCUT2D eigenvalue weighted by atomic mass is 10.0. The minimum Gasteiger partial charge on any atom is -0.232 e. The minimum atomic E-state index is 0.671. The van der Waals surface area contributed by atoms with Crippen LogP contribution >= 0.6 is 11.6 Å². The van der Waals surface area contributed by atoms with Crippen LogP contribution in [0, 0.1) is 5.92 Å². The van der Waals surface area contributed by atoms with E-state index in [1.165, 1.54) is 33.8 Å². The number of benzene rings is 2. The molecule has 1 aliphatic carbocycles. The number of hydrogen-bond acceptors (Lipinski definition) is 1. The van der Waals surface area contributed by atoms with Gasteiger partial charge in [-0.25, -0.2) is 4.68 Å². The third-order valence-electron chi connectivity index (χ3n) is 4.88. The van der Waals surface area contributed by atoms with E-state index in [1.54, 1.807) is 0 Å². The predicted octanol–water partition coefficient (Wildman–Crippen LogP) is 5.49. The molecule has 4 rings (SSSR count). The van der Waals surface area contributed by atoms with Gasteiger partial charge in [-0.15, -0.1) is 0 Å². The van der Waals surface area contributed by atoms with Gasteiger partial charge >= 0.3 is 0 Å². The number of aromatic nitrogens is 2. The highest BCUT2D eigenvalue weighted by molar-refractivity contribution is 6.30. The lowest BCUT2D eigenvalue weighted by Crippen LogP contribution is -2.06. The number of para-hydroxylation sites is 1. The second-order valence-corrected chi connectivity index (χ2v) is 7.12. The highest BCUT2D eigenvalue weighted by atomic mass is 35.5. The zero-order valence-corrected chi connectivity index (χ0v) is 14.8. The zero-order chi connectivity index (χ0) is 16.7. The van der Waals surface area contributed by atoms with Gasteiger partial charge in [0.1, 0.15) is 0 Å². The van der Waals surface area contributed by atoms with Crippen LogP contribution in [0.15, 0.2) is 48.5 Å². The van der Waals surface area contributed by atoms with E-state index in [1.807, 2.05) is 12.1 Å². The summed E-state index contributed by atoms with van der Waals surface area (Å²) in [5.74, 6) is 0.671. The van der Waals surface area contributed by atoms with E-state index in [0.29, 0.717) is 5.92 Å². The average Bonchev–Trinajstić information content (AvgIpc) is 3.11. The monoisotopic (exact) mass is 336 g/mol. The van der Waals surface area contributed by atoms with Crippen molar-refractivity contribution in [2.75, 3.05) is 0 Å². The Hall–Kier alpha value is -2.06. The number of aryl methyl sites for hydroxylation is 1. The molecular formula is C21H21ClN2. The summed E-state index contributed by atoms with van der Waals surface area (Å²) in [6.45, 7) is 4.50. The number of fused-ring (bicyclic) bond motifs is 1. The maximum Gasteiger partial charge on any atom is 0.0776 e. The molecule has 122 valence electrons.